The maximum absolute atomic E-state index is 13.0. The van der Waals surface area contributed by atoms with Gasteiger partial charge in [0.1, 0.15) is 0 Å². The van der Waals surface area contributed by atoms with E-state index in [-0.39, 0.29) is 0 Å². The highest BCUT2D eigenvalue weighted by Crippen LogP contribution is 2.17. The predicted octanol–water partition coefficient (Wildman–Crippen LogP) is 1.45. The van der Waals surface area contributed by atoms with E-state index in [0.29, 0.717) is 0 Å². The van der Waals surface area contributed by atoms with Gasteiger partial charge in [-0.15, -0.1) is 0 Å². The summed E-state index contributed by atoms with van der Waals surface area (Å²) in [5.41, 5.74) is 11.8. The molecule has 6 nitrogen and oxygen atoms in total. The van der Waals surface area contributed by atoms with Crippen molar-refractivity contribution in [2.24, 2.45) is 17.2 Å². The van der Waals surface area contributed by atoms with Crippen molar-refractivity contribution < 1.29 is 34.9 Å². The number of benzene rings is 1. The molecule has 1 aromatic rings. The second-order valence-electron chi connectivity index (χ2n) is 4.26. The normalized spacial score (nSPS) is 23.4. The van der Waals surface area contributed by atoms with E-state index in [1.54, 1.807) is 0 Å². The predicted molar refractivity (Wildman–Crippen MR) is 94.3 cm³/mol. The number of hydrogen-bond acceptors (Lipinski definition) is 6. The third kappa shape index (κ3) is 6.31. The van der Waals surface area contributed by atoms with Crippen LogP contribution in [-0.4, -0.2) is 36.8 Å². The Morgan fingerprint density at radius 1 is 0.708 bits per heavy atom. The summed E-state index contributed by atoms with van der Waals surface area (Å²) in [5.74, 6) is -4.58. The van der Waals surface area contributed by atoms with Crippen molar-refractivity contribution in [2.75, 3.05) is 19.5 Å². The highest BCUT2D eigenvalue weighted by molar-refractivity contribution is 6.06. The van der Waals surface area contributed by atoms with Crippen molar-refractivity contribution in [3.8, 4) is 0 Å². The van der Waals surface area contributed by atoms with Crippen LogP contribution >= 0.6 is 0 Å². The van der Waals surface area contributed by atoms with Crippen molar-refractivity contribution in [3.05, 3.63) is 34.8 Å². The lowest BCUT2D eigenvalue weighted by Crippen LogP contribution is -2.11. The molecule has 1 aromatic carbocycles. The van der Waals surface area contributed by atoms with Gasteiger partial charge in [0.25, 0.3) is 0 Å². The number of hydrogen-bond donors (Lipinski definition) is 3. The van der Waals surface area contributed by atoms with Crippen LogP contribution in [0.3, 0.4) is 0 Å². The molecule has 6 N–H and O–H groups in total. The minimum absolute atomic E-state index is 1.18. The first-order chi connectivity index (χ1) is 17.0. The molecule has 0 bridgehead atoms. The summed E-state index contributed by atoms with van der Waals surface area (Å²) in [7, 11) is 0. The zero-order chi connectivity index (χ0) is 31.3. The quantitative estimate of drug-likeness (QED) is 0.490. The number of nitrogens with two attached hydrogens (primary N) is 3. The van der Waals surface area contributed by atoms with E-state index in [0.717, 1.165) is 0 Å². The first-order valence-corrected chi connectivity index (χ1v) is 6.60. The Kier molecular flexibility index (Phi) is 3.22. The van der Waals surface area contributed by atoms with Crippen LogP contribution in [-0.2, 0) is 0 Å². The molecule has 0 aliphatic rings. The zero-order valence-corrected chi connectivity index (χ0v) is 12.6. The molecule has 24 heavy (non-hydrogen) atoms. The lowest BCUT2D eigenvalue weighted by molar-refractivity contribution is 0.0980. The van der Waals surface area contributed by atoms with Crippen molar-refractivity contribution >= 4 is 17.3 Å². The largest absolute Gasteiger partial charge is 0.330 e. The zero-order valence-electron chi connectivity index (χ0n) is 27.6. The highest BCUT2D eigenvalue weighted by atomic mass is 16.1. The first kappa shape index (κ1) is 7.15. The van der Waals surface area contributed by atoms with Crippen LogP contribution in [0, 0.1) is 0 Å². The molecule has 0 radical (unpaired) electrons. The third-order valence-electron chi connectivity index (χ3n) is 2.64. The molecule has 0 aliphatic heterocycles. The summed E-state index contributed by atoms with van der Waals surface area (Å²) in [5, 5.41) is 0. The van der Waals surface area contributed by atoms with Crippen molar-refractivity contribution in [1.29, 1.82) is 0 Å². The van der Waals surface area contributed by atoms with E-state index >= 15 is 0 Å². The molecule has 0 atom stereocenters. The van der Waals surface area contributed by atoms with Gasteiger partial charge in [-0.3, -0.25) is 14.4 Å². The standard InChI is InChI=1S/C18H27N3O3/c19-7-1-4-16(22)13-10-14(17(23)5-2-8-20)12-15(11-13)18(24)6-3-9-21/h10-12H,1-9,19-21H2/i1D2,2D2,3D2,7D2,8D2,9D2,10D,11D,12D. The maximum atomic E-state index is 13.0. The van der Waals surface area contributed by atoms with Crippen LogP contribution in [0.2, 0.25) is 0 Å². The second-order valence-corrected chi connectivity index (χ2v) is 4.26. The lowest BCUT2D eigenvalue weighted by Gasteiger charge is -2.09. The van der Waals surface area contributed by atoms with E-state index in [1.165, 1.54) is 0 Å². The average Bonchev–Trinajstić information content (AvgIpc) is 2.63. The van der Waals surface area contributed by atoms with E-state index in [1.807, 2.05) is 0 Å². The molecule has 0 spiro atoms. The summed E-state index contributed by atoms with van der Waals surface area (Å²) in [6.07, 6.45) is -13.6. The van der Waals surface area contributed by atoms with Gasteiger partial charge >= 0.3 is 0 Å². The maximum Gasteiger partial charge on any atom is 0.162 e. The molecule has 0 fully saturated rings. The van der Waals surface area contributed by atoms with E-state index < -0.39 is 110 Å². The SMILES string of the molecule is [2H]c1c(C(=O)CC([2H])([2H])C([2H])([2H])N)c([2H])c(C(=O)CC([2H])([2H])C([2H])([2H])N)c([2H])c1C(=O)CC([2H])([2H])C([2H])([2H])N. The van der Waals surface area contributed by atoms with Gasteiger partial charge in [-0.05, 0) is 56.7 Å². The Balaban J connectivity index is 3.98. The van der Waals surface area contributed by atoms with Crippen molar-refractivity contribution in [1.82, 2.24) is 0 Å². The van der Waals surface area contributed by atoms with E-state index in [2.05, 4.69) is 0 Å². The van der Waals surface area contributed by atoms with Gasteiger partial charge in [0.15, 0.2) is 17.3 Å². The number of carbonyl (C=O) groups is 3. The fourth-order valence-corrected chi connectivity index (χ4v) is 1.55. The Hall–Kier alpha value is -1.89. The van der Waals surface area contributed by atoms with Gasteiger partial charge < -0.3 is 17.2 Å². The number of ketones is 3. The molecule has 0 aromatic heterocycles. The summed E-state index contributed by atoms with van der Waals surface area (Å²) in [6.45, 7) is -9.36. The topological polar surface area (TPSA) is 129 Å². The summed E-state index contributed by atoms with van der Waals surface area (Å²) < 4.78 is 116. The van der Waals surface area contributed by atoms with Gasteiger partial charge in [0.05, 0.1) is 4.11 Å². The molecule has 1 rings (SSSR count). The van der Waals surface area contributed by atoms with Gasteiger partial charge in [-0.2, -0.15) is 0 Å². The van der Waals surface area contributed by atoms with Crippen molar-refractivity contribution in [3.63, 3.8) is 0 Å². The number of carbonyl (C=O) groups excluding carboxylic acids is 3. The fourth-order valence-electron chi connectivity index (χ4n) is 1.55. The highest BCUT2D eigenvalue weighted by Gasteiger charge is 2.16. The summed E-state index contributed by atoms with van der Waals surface area (Å²) in [4.78, 5) is 39.0. The van der Waals surface area contributed by atoms with Gasteiger partial charge in [0.2, 0.25) is 0 Å². The number of rotatable bonds is 12. The second kappa shape index (κ2) is 10.8. The minimum Gasteiger partial charge on any atom is -0.330 e. The Morgan fingerprint density at radius 3 is 1.17 bits per heavy atom. The molecular formula is C18H27N3O3. The molecule has 132 valence electrons. The molecule has 0 unspecified atom stereocenters. The van der Waals surface area contributed by atoms with Crippen LogP contribution in [0.1, 0.15) is 90.0 Å². The molecule has 6 heteroatoms. The Bertz CT molecular complexity index is 1000. The van der Waals surface area contributed by atoms with Crippen LogP contribution in [0.25, 0.3) is 0 Å². The first-order valence-electron chi connectivity index (χ1n) is 14.1. The van der Waals surface area contributed by atoms with Crippen LogP contribution in [0.15, 0.2) is 18.1 Å². The van der Waals surface area contributed by atoms with Crippen LogP contribution < -0.4 is 17.2 Å². The van der Waals surface area contributed by atoms with Gasteiger partial charge in [-0.1, -0.05) is 0 Å². The molecule has 0 aliphatic carbocycles. The Labute approximate surface area is 163 Å². The monoisotopic (exact) mass is 348 g/mol. The lowest BCUT2D eigenvalue weighted by atomic mass is 9.94. The average molecular weight is 349 g/mol. The smallest absolute Gasteiger partial charge is 0.162 e. The summed E-state index contributed by atoms with van der Waals surface area (Å²) >= 11 is 0. The Morgan fingerprint density at radius 2 is 0.958 bits per heavy atom. The van der Waals surface area contributed by atoms with Crippen LogP contribution in [0.4, 0.5) is 0 Å². The van der Waals surface area contributed by atoms with E-state index in [9.17, 15) is 14.4 Å². The molecule has 0 saturated heterocycles. The third-order valence-corrected chi connectivity index (χ3v) is 2.64. The fraction of sp³-hybridized carbons (Fsp3) is 0.500. The van der Waals surface area contributed by atoms with Gasteiger partial charge in [0, 0.05) is 52.4 Å². The molecule has 0 amide bonds. The van der Waals surface area contributed by atoms with Crippen molar-refractivity contribution in [2.45, 2.75) is 38.4 Å². The molecule has 0 saturated carbocycles. The molecule has 0 heterocycles. The van der Waals surface area contributed by atoms with Gasteiger partial charge in [-0.25, -0.2) is 0 Å². The molecular weight excluding hydrogens is 306 g/mol. The minimum atomic E-state index is -3.12. The van der Waals surface area contributed by atoms with E-state index in [4.69, 9.17) is 37.8 Å². The summed E-state index contributed by atoms with van der Waals surface area (Å²) in [6, 6.07) is -3.76. The van der Waals surface area contributed by atoms with Crippen LogP contribution in [0.5, 0.6) is 0 Å². The number of Topliss-reactive ketones (excluding diaryl/α,β-unsaturated/α-hetero) is 3.